The Balaban J connectivity index is 2.65. The predicted octanol–water partition coefficient (Wildman–Crippen LogP) is 2.14. The molecule has 1 fully saturated rings. The smallest absolute Gasteiger partial charge is 0.309 e. The molecule has 1 heterocycles. The lowest BCUT2D eigenvalue weighted by molar-refractivity contribution is -0.155. The molecule has 0 aromatic heterocycles. The largest absolute Gasteiger partial charge is 0.481 e. The molecule has 1 rings (SSSR count). The van der Waals surface area contributed by atoms with Gasteiger partial charge in [-0.05, 0) is 26.2 Å². The van der Waals surface area contributed by atoms with Crippen LogP contribution in [0.15, 0.2) is 0 Å². The zero-order valence-electron chi connectivity index (χ0n) is 11.2. The van der Waals surface area contributed by atoms with E-state index in [1.807, 2.05) is 25.7 Å². The first-order valence-electron chi connectivity index (χ1n) is 6.26. The number of carboxylic acids is 1. The van der Waals surface area contributed by atoms with E-state index in [9.17, 15) is 9.59 Å². The van der Waals surface area contributed by atoms with E-state index in [2.05, 4.69) is 0 Å². The van der Waals surface area contributed by atoms with Gasteiger partial charge in [0, 0.05) is 18.5 Å². The van der Waals surface area contributed by atoms with E-state index in [0.717, 1.165) is 6.42 Å². The third kappa shape index (κ3) is 2.79. The van der Waals surface area contributed by atoms with Crippen molar-refractivity contribution in [1.29, 1.82) is 0 Å². The van der Waals surface area contributed by atoms with Crippen LogP contribution in [0.5, 0.6) is 0 Å². The van der Waals surface area contributed by atoms with Crippen LogP contribution in [0.1, 0.15) is 47.0 Å². The number of carboxylic acid groups (broad SMARTS) is 1. The fourth-order valence-electron chi connectivity index (χ4n) is 2.00. The van der Waals surface area contributed by atoms with Crippen LogP contribution in [-0.4, -0.2) is 35.0 Å². The van der Waals surface area contributed by atoms with Gasteiger partial charge < -0.3 is 10.0 Å². The van der Waals surface area contributed by atoms with Gasteiger partial charge in [0.25, 0.3) is 0 Å². The van der Waals surface area contributed by atoms with Crippen molar-refractivity contribution in [2.75, 3.05) is 13.1 Å². The number of hydrogen-bond acceptors (Lipinski definition) is 2. The number of aliphatic carboxylic acids is 1. The number of rotatable bonds is 3. The van der Waals surface area contributed by atoms with Crippen LogP contribution in [0.3, 0.4) is 0 Å². The molecule has 0 aliphatic carbocycles. The van der Waals surface area contributed by atoms with E-state index in [1.54, 1.807) is 6.92 Å². The first kappa shape index (κ1) is 14.0. The standard InChI is InChI=1S/C13H23NO3/c1-5-12(2,3)10(15)14-8-6-13(4,7-9-14)11(16)17/h5-9H2,1-4H3,(H,16,17). The second-order valence-electron chi connectivity index (χ2n) is 5.90. The van der Waals surface area contributed by atoms with Gasteiger partial charge in [-0.3, -0.25) is 9.59 Å². The second kappa shape index (κ2) is 4.67. The highest BCUT2D eigenvalue weighted by Crippen LogP contribution is 2.33. The van der Waals surface area contributed by atoms with Crippen LogP contribution in [0.2, 0.25) is 0 Å². The minimum Gasteiger partial charge on any atom is -0.481 e. The van der Waals surface area contributed by atoms with E-state index >= 15 is 0 Å². The molecule has 4 heteroatoms. The predicted molar refractivity (Wildman–Crippen MR) is 65.6 cm³/mol. The molecule has 0 aromatic carbocycles. The Kier molecular flexibility index (Phi) is 3.84. The molecule has 1 saturated heterocycles. The summed E-state index contributed by atoms with van der Waals surface area (Å²) in [5.74, 6) is -0.605. The number of amides is 1. The van der Waals surface area contributed by atoms with Crippen LogP contribution >= 0.6 is 0 Å². The van der Waals surface area contributed by atoms with Crippen molar-refractivity contribution in [2.24, 2.45) is 10.8 Å². The summed E-state index contributed by atoms with van der Waals surface area (Å²) in [4.78, 5) is 25.1. The summed E-state index contributed by atoms with van der Waals surface area (Å²) in [6, 6.07) is 0. The summed E-state index contributed by atoms with van der Waals surface area (Å²) in [6.07, 6.45) is 1.90. The van der Waals surface area contributed by atoms with Crippen molar-refractivity contribution in [3.8, 4) is 0 Å². The Labute approximate surface area is 103 Å². The topological polar surface area (TPSA) is 57.6 Å². The summed E-state index contributed by atoms with van der Waals surface area (Å²) < 4.78 is 0. The highest BCUT2D eigenvalue weighted by molar-refractivity contribution is 5.82. The van der Waals surface area contributed by atoms with E-state index in [1.165, 1.54) is 0 Å². The van der Waals surface area contributed by atoms with Crippen LogP contribution in [0.4, 0.5) is 0 Å². The maximum Gasteiger partial charge on any atom is 0.309 e. The van der Waals surface area contributed by atoms with E-state index in [-0.39, 0.29) is 11.3 Å². The molecule has 0 bridgehead atoms. The molecule has 17 heavy (non-hydrogen) atoms. The normalized spacial score (nSPS) is 20.1. The molecule has 1 N–H and O–H groups in total. The molecule has 0 atom stereocenters. The second-order valence-corrected chi connectivity index (χ2v) is 5.90. The number of likely N-dealkylation sites (tertiary alicyclic amines) is 1. The fraction of sp³-hybridized carbons (Fsp3) is 0.846. The Morgan fingerprint density at radius 1 is 1.29 bits per heavy atom. The van der Waals surface area contributed by atoms with Gasteiger partial charge in [-0.2, -0.15) is 0 Å². The molecule has 4 nitrogen and oxygen atoms in total. The first-order valence-corrected chi connectivity index (χ1v) is 6.26. The number of carbonyl (C=O) groups excluding carboxylic acids is 1. The van der Waals surface area contributed by atoms with Gasteiger partial charge in [0.2, 0.25) is 5.91 Å². The first-order chi connectivity index (χ1) is 7.73. The van der Waals surface area contributed by atoms with Crippen LogP contribution < -0.4 is 0 Å². The lowest BCUT2D eigenvalue weighted by atomic mass is 9.79. The molecular formula is C13H23NO3. The van der Waals surface area contributed by atoms with Gasteiger partial charge in [-0.25, -0.2) is 0 Å². The molecule has 0 saturated carbocycles. The monoisotopic (exact) mass is 241 g/mol. The molecule has 0 unspecified atom stereocenters. The molecule has 1 amide bonds. The molecule has 1 aliphatic heterocycles. The molecular weight excluding hydrogens is 218 g/mol. The molecule has 0 spiro atoms. The summed E-state index contributed by atoms with van der Waals surface area (Å²) in [5.41, 5.74) is -0.996. The van der Waals surface area contributed by atoms with Gasteiger partial charge in [-0.15, -0.1) is 0 Å². The highest BCUT2D eigenvalue weighted by atomic mass is 16.4. The van der Waals surface area contributed by atoms with Crippen molar-refractivity contribution in [3.63, 3.8) is 0 Å². The Hall–Kier alpha value is -1.06. The van der Waals surface area contributed by atoms with Crippen molar-refractivity contribution in [3.05, 3.63) is 0 Å². The maximum absolute atomic E-state index is 12.2. The fourth-order valence-corrected chi connectivity index (χ4v) is 2.00. The summed E-state index contributed by atoms with van der Waals surface area (Å²) >= 11 is 0. The highest BCUT2D eigenvalue weighted by Gasteiger charge is 2.40. The van der Waals surface area contributed by atoms with E-state index in [0.29, 0.717) is 25.9 Å². The lowest BCUT2D eigenvalue weighted by Crippen LogP contribution is -2.49. The zero-order chi connectivity index (χ0) is 13.3. The zero-order valence-corrected chi connectivity index (χ0v) is 11.2. The summed E-state index contributed by atoms with van der Waals surface area (Å²) in [5, 5.41) is 9.12. The van der Waals surface area contributed by atoms with Crippen molar-refractivity contribution < 1.29 is 14.7 Å². The summed E-state index contributed by atoms with van der Waals surface area (Å²) in [7, 11) is 0. The Morgan fingerprint density at radius 3 is 2.12 bits per heavy atom. The number of hydrogen-bond donors (Lipinski definition) is 1. The van der Waals surface area contributed by atoms with Gasteiger partial charge in [0.1, 0.15) is 0 Å². The van der Waals surface area contributed by atoms with E-state index < -0.39 is 11.4 Å². The van der Waals surface area contributed by atoms with Crippen molar-refractivity contribution in [2.45, 2.75) is 47.0 Å². The average molecular weight is 241 g/mol. The maximum atomic E-state index is 12.2. The molecule has 1 aliphatic rings. The van der Waals surface area contributed by atoms with Gasteiger partial charge in [0.05, 0.1) is 5.41 Å². The third-order valence-electron chi connectivity index (χ3n) is 4.13. The molecule has 98 valence electrons. The number of carbonyl (C=O) groups is 2. The number of nitrogens with zero attached hydrogens (tertiary/aromatic N) is 1. The van der Waals surface area contributed by atoms with Gasteiger partial charge in [0.15, 0.2) is 0 Å². The minimum absolute atomic E-state index is 0.146. The van der Waals surface area contributed by atoms with Crippen LogP contribution in [-0.2, 0) is 9.59 Å². The Bertz CT molecular complexity index is 315. The van der Waals surface area contributed by atoms with Crippen molar-refractivity contribution in [1.82, 2.24) is 4.90 Å². The van der Waals surface area contributed by atoms with Crippen molar-refractivity contribution >= 4 is 11.9 Å². The SMILES string of the molecule is CCC(C)(C)C(=O)N1CCC(C)(C(=O)O)CC1. The van der Waals surface area contributed by atoms with Gasteiger partial charge >= 0.3 is 5.97 Å². The van der Waals surface area contributed by atoms with Crippen LogP contribution in [0, 0.1) is 10.8 Å². The van der Waals surface area contributed by atoms with Gasteiger partial charge in [-0.1, -0.05) is 20.8 Å². The summed E-state index contributed by atoms with van der Waals surface area (Å²) in [6.45, 7) is 8.78. The lowest BCUT2D eigenvalue weighted by Gasteiger charge is -2.39. The number of piperidine rings is 1. The Morgan fingerprint density at radius 2 is 1.76 bits per heavy atom. The minimum atomic E-state index is -0.751. The molecule has 0 aromatic rings. The van der Waals surface area contributed by atoms with Crippen LogP contribution in [0.25, 0.3) is 0 Å². The quantitative estimate of drug-likeness (QED) is 0.823. The van der Waals surface area contributed by atoms with E-state index in [4.69, 9.17) is 5.11 Å². The molecule has 0 radical (unpaired) electrons. The average Bonchev–Trinajstić information content (AvgIpc) is 2.29. The third-order valence-corrected chi connectivity index (χ3v) is 4.13.